The molecule has 3 rings (SSSR count). The second kappa shape index (κ2) is 7.94. The lowest BCUT2D eigenvalue weighted by Gasteiger charge is -2.25. The highest BCUT2D eigenvalue weighted by Crippen LogP contribution is 2.31. The smallest absolute Gasteiger partial charge is 0.255 e. The minimum Gasteiger partial charge on any atom is -0.351 e. The zero-order valence-electron chi connectivity index (χ0n) is 14.4. The molecule has 0 fully saturated rings. The summed E-state index contributed by atoms with van der Waals surface area (Å²) in [4.78, 5) is 26.5. The topological polar surface area (TPSA) is 61.4 Å². The summed E-state index contributed by atoms with van der Waals surface area (Å²) in [5.74, 6) is -0.0585. The third kappa shape index (κ3) is 3.88. The average molecular weight is 337 g/mol. The average Bonchev–Trinajstić information content (AvgIpc) is 2.92. The number of hydrogen-bond donors (Lipinski definition) is 2. The van der Waals surface area contributed by atoms with Crippen LogP contribution in [0.5, 0.6) is 0 Å². The van der Waals surface area contributed by atoms with Crippen molar-refractivity contribution in [3.8, 4) is 0 Å². The third-order valence-electron chi connectivity index (χ3n) is 4.31. The van der Waals surface area contributed by atoms with Gasteiger partial charge in [-0.2, -0.15) is 0 Å². The normalized spacial score (nSPS) is 16.0. The van der Waals surface area contributed by atoms with Gasteiger partial charge in [-0.1, -0.05) is 55.5 Å². The van der Waals surface area contributed by atoms with Gasteiger partial charge < -0.3 is 10.2 Å². The highest BCUT2D eigenvalue weighted by atomic mass is 16.2. The zero-order valence-corrected chi connectivity index (χ0v) is 14.4. The van der Waals surface area contributed by atoms with Crippen LogP contribution >= 0.6 is 0 Å². The predicted molar refractivity (Wildman–Crippen MR) is 96.8 cm³/mol. The number of fused-ring (bicyclic) bond motifs is 1. The molecule has 0 saturated carbocycles. The number of rotatable bonds is 7. The Hall–Kier alpha value is -2.66. The maximum Gasteiger partial charge on any atom is 0.255 e. The van der Waals surface area contributed by atoms with Gasteiger partial charge in [-0.05, 0) is 18.1 Å². The Balaban J connectivity index is 1.60. The molecule has 0 radical (unpaired) electrons. The lowest BCUT2D eigenvalue weighted by molar-refractivity contribution is -0.120. The van der Waals surface area contributed by atoms with E-state index in [-0.39, 0.29) is 24.5 Å². The zero-order chi connectivity index (χ0) is 17.6. The summed E-state index contributed by atoms with van der Waals surface area (Å²) in [6, 6.07) is 17.4. The first-order chi connectivity index (χ1) is 12.2. The van der Waals surface area contributed by atoms with Crippen molar-refractivity contribution in [2.24, 2.45) is 0 Å². The van der Waals surface area contributed by atoms with Crippen molar-refractivity contribution in [2.45, 2.75) is 26.1 Å². The summed E-state index contributed by atoms with van der Waals surface area (Å²) < 4.78 is 0. The van der Waals surface area contributed by atoms with Crippen molar-refractivity contribution in [3.63, 3.8) is 0 Å². The molecule has 0 saturated heterocycles. The van der Waals surface area contributed by atoms with Crippen molar-refractivity contribution in [2.75, 3.05) is 13.1 Å². The molecule has 25 heavy (non-hydrogen) atoms. The van der Waals surface area contributed by atoms with Gasteiger partial charge in [0.2, 0.25) is 5.91 Å². The first-order valence-electron chi connectivity index (χ1n) is 8.64. The van der Waals surface area contributed by atoms with E-state index in [1.807, 2.05) is 61.5 Å². The van der Waals surface area contributed by atoms with E-state index in [0.717, 1.165) is 23.1 Å². The van der Waals surface area contributed by atoms with E-state index in [0.29, 0.717) is 13.1 Å². The number of carbonyl (C=O) groups is 2. The molecule has 5 heteroatoms. The molecule has 1 heterocycles. The molecule has 0 bridgehead atoms. The van der Waals surface area contributed by atoms with E-state index in [2.05, 4.69) is 10.6 Å². The van der Waals surface area contributed by atoms with Gasteiger partial charge in [-0.25, -0.2) is 0 Å². The van der Waals surface area contributed by atoms with Crippen LogP contribution in [0.15, 0.2) is 54.6 Å². The molecule has 2 aromatic rings. The lowest BCUT2D eigenvalue weighted by atomic mass is 10.1. The van der Waals surface area contributed by atoms with E-state index in [4.69, 9.17) is 0 Å². The molecule has 2 amide bonds. The Morgan fingerprint density at radius 2 is 1.80 bits per heavy atom. The summed E-state index contributed by atoms with van der Waals surface area (Å²) in [5.41, 5.74) is 2.72. The van der Waals surface area contributed by atoms with Crippen molar-refractivity contribution in [1.82, 2.24) is 15.5 Å². The highest BCUT2D eigenvalue weighted by molar-refractivity contribution is 5.99. The number of carbonyl (C=O) groups excluding carboxylic acids is 2. The maximum absolute atomic E-state index is 12.5. The number of benzene rings is 2. The van der Waals surface area contributed by atoms with Crippen LogP contribution in [0.1, 0.15) is 41.0 Å². The van der Waals surface area contributed by atoms with Gasteiger partial charge in [0.1, 0.15) is 6.17 Å². The second-order valence-corrected chi connectivity index (χ2v) is 6.13. The van der Waals surface area contributed by atoms with E-state index in [1.165, 1.54) is 0 Å². The van der Waals surface area contributed by atoms with Crippen LogP contribution in [0.25, 0.3) is 0 Å². The first kappa shape index (κ1) is 17.2. The minimum absolute atomic E-state index is 0.0274. The van der Waals surface area contributed by atoms with Gasteiger partial charge in [0.05, 0.1) is 6.54 Å². The van der Waals surface area contributed by atoms with E-state index in [9.17, 15) is 9.59 Å². The van der Waals surface area contributed by atoms with Gasteiger partial charge >= 0.3 is 0 Å². The van der Waals surface area contributed by atoms with Crippen molar-refractivity contribution >= 4 is 11.8 Å². The minimum atomic E-state index is -0.244. The molecule has 0 spiro atoms. The molecule has 2 aromatic carbocycles. The Labute approximate surface area is 148 Å². The largest absolute Gasteiger partial charge is 0.351 e. The summed E-state index contributed by atoms with van der Waals surface area (Å²) in [5, 5.41) is 6.13. The van der Waals surface area contributed by atoms with Gasteiger partial charge in [0, 0.05) is 24.2 Å². The van der Waals surface area contributed by atoms with E-state index >= 15 is 0 Å². The third-order valence-corrected chi connectivity index (χ3v) is 4.31. The molecule has 1 aliphatic heterocycles. The fraction of sp³-hybridized carbons (Fsp3) is 0.300. The monoisotopic (exact) mass is 337 g/mol. The van der Waals surface area contributed by atoms with E-state index in [1.54, 1.807) is 4.90 Å². The summed E-state index contributed by atoms with van der Waals surface area (Å²) in [6.45, 7) is 3.37. The van der Waals surface area contributed by atoms with Crippen molar-refractivity contribution in [3.05, 3.63) is 71.3 Å². The maximum atomic E-state index is 12.5. The molecule has 2 N–H and O–H groups in total. The van der Waals surface area contributed by atoms with Crippen LogP contribution in [0.4, 0.5) is 0 Å². The fourth-order valence-corrected chi connectivity index (χ4v) is 3.11. The van der Waals surface area contributed by atoms with Gasteiger partial charge in [0.15, 0.2) is 0 Å². The molecule has 1 atom stereocenters. The number of hydrogen-bond acceptors (Lipinski definition) is 3. The number of nitrogens with zero attached hydrogens (tertiary/aromatic N) is 1. The quantitative estimate of drug-likeness (QED) is 0.816. The standard InChI is InChI=1S/C20H23N3O2/c1-2-12-23-19(16-10-6-7-11-17(16)20(23)25)22-14-18(24)21-13-15-8-4-3-5-9-15/h3-11,19,22H,2,12-14H2,1H3,(H,21,24)/t19-/m1/s1. The Bertz CT molecular complexity index is 746. The van der Waals surface area contributed by atoms with Crippen LogP contribution in [0.3, 0.4) is 0 Å². The first-order valence-corrected chi connectivity index (χ1v) is 8.64. The summed E-state index contributed by atoms with van der Waals surface area (Å²) in [6.07, 6.45) is 0.629. The molecule has 5 nitrogen and oxygen atoms in total. The van der Waals surface area contributed by atoms with Crippen LogP contribution in [0, 0.1) is 0 Å². The van der Waals surface area contributed by atoms with Crippen LogP contribution in [-0.4, -0.2) is 29.8 Å². The number of nitrogens with one attached hydrogen (secondary N) is 2. The van der Waals surface area contributed by atoms with E-state index < -0.39 is 0 Å². The predicted octanol–water partition coefficient (Wildman–Crippen LogP) is 2.46. The number of amides is 2. The van der Waals surface area contributed by atoms with Gasteiger partial charge in [0.25, 0.3) is 5.91 Å². The molecule has 1 aliphatic rings. The van der Waals surface area contributed by atoms with Gasteiger partial charge in [-0.3, -0.25) is 14.9 Å². The Morgan fingerprint density at radius 3 is 2.56 bits per heavy atom. The van der Waals surface area contributed by atoms with Crippen LogP contribution in [0.2, 0.25) is 0 Å². The van der Waals surface area contributed by atoms with Crippen molar-refractivity contribution < 1.29 is 9.59 Å². The molecule has 0 aliphatic carbocycles. The molecule has 130 valence electrons. The molecular formula is C20H23N3O2. The Kier molecular flexibility index (Phi) is 5.46. The molecule has 0 aromatic heterocycles. The SMILES string of the molecule is CCCN1C(=O)c2ccccc2[C@@H]1NCC(=O)NCc1ccccc1. The van der Waals surface area contributed by atoms with Crippen LogP contribution < -0.4 is 10.6 Å². The summed E-state index contributed by atoms with van der Waals surface area (Å²) >= 11 is 0. The molecule has 0 unspecified atom stereocenters. The summed E-state index contributed by atoms with van der Waals surface area (Å²) in [7, 11) is 0. The van der Waals surface area contributed by atoms with Gasteiger partial charge in [-0.15, -0.1) is 0 Å². The fourth-order valence-electron chi connectivity index (χ4n) is 3.11. The lowest BCUT2D eigenvalue weighted by Crippen LogP contribution is -2.42. The molecular weight excluding hydrogens is 314 g/mol. The second-order valence-electron chi connectivity index (χ2n) is 6.13. The Morgan fingerprint density at radius 1 is 1.08 bits per heavy atom. The van der Waals surface area contributed by atoms with Crippen LogP contribution in [-0.2, 0) is 11.3 Å². The highest BCUT2D eigenvalue weighted by Gasteiger charge is 2.35. The van der Waals surface area contributed by atoms with Crippen molar-refractivity contribution in [1.29, 1.82) is 0 Å².